The SMILES string of the molecule is COC1=CC2C(CC(=O)OCCN3CCOC(c4cc(F)c(Cl)cc4F)C3)=C(C)N(C(=O)c3ccc(Cl)cc3)C2C=C1. The number of nitrogens with zero attached hydrogens (tertiary/aromatic N) is 2. The summed E-state index contributed by atoms with van der Waals surface area (Å²) >= 11 is 11.7. The van der Waals surface area contributed by atoms with Crippen molar-refractivity contribution in [3.8, 4) is 0 Å². The van der Waals surface area contributed by atoms with E-state index in [1.54, 1.807) is 36.3 Å². The Hall–Kier alpha value is -3.24. The third-order valence-corrected chi connectivity index (χ3v) is 8.33. The Morgan fingerprint density at radius 1 is 1.12 bits per heavy atom. The molecule has 1 amide bonds. The van der Waals surface area contributed by atoms with Crippen molar-refractivity contribution in [3.63, 3.8) is 0 Å². The Labute approximate surface area is 252 Å². The molecule has 42 heavy (non-hydrogen) atoms. The fraction of sp³-hybridized carbons (Fsp3) is 0.355. The fourth-order valence-electron chi connectivity index (χ4n) is 5.59. The second-order valence-electron chi connectivity index (χ2n) is 10.3. The van der Waals surface area contributed by atoms with E-state index in [0.717, 1.165) is 17.7 Å². The van der Waals surface area contributed by atoms with Gasteiger partial charge in [-0.3, -0.25) is 14.5 Å². The zero-order chi connectivity index (χ0) is 30.0. The number of morpholine rings is 1. The number of fused-ring (bicyclic) bond motifs is 1. The maximum absolute atomic E-state index is 14.4. The smallest absolute Gasteiger partial charge is 0.310 e. The van der Waals surface area contributed by atoms with Gasteiger partial charge in [-0.1, -0.05) is 29.3 Å². The van der Waals surface area contributed by atoms with Crippen molar-refractivity contribution in [2.75, 3.05) is 40.0 Å². The molecule has 11 heteroatoms. The summed E-state index contributed by atoms with van der Waals surface area (Å²) in [6.45, 7) is 3.51. The molecule has 1 fully saturated rings. The number of carbonyl (C=O) groups excluding carboxylic acids is 2. The Bertz CT molecular complexity index is 1460. The van der Waals surface area contributed by atoms with E-state index in [1.165, 1.54) is 0 Å². The summed E-state index contributed by atoms with van der Waals surface area (Å²) in [5.41, 5.74) is 2.05. The van der Waals surface area contributed by atoms with Crippen LogP contribution >= 0.6 is 23.2 Å². The summed E-state index contributed by atoms with van der Waals surface area (Å²) in [7, 11) is 1.57. The predicted octanol–water partition coefficient (Wildman–Crippen LogP) is 6.09. The van der Waals surface area contributed by atoms with Crippen LogP contribution in [-0.2, 0) is 19.0 Å². The highest BCUT2D eigenvalue weighted by Crippen LogP contribution is 2.41. The van der Waals surface area contributed by atoms with Gasteiger partial charge >= 0.3 is 5.97 Å². The molecule has 5 rings (SSSR count). The van der Waals surface area contributed by atoms with Gasteiger partial charge in [-0.05, 0) is 61.0 Å². The van der Waals surface area contributed by atoms with Gasteiger partial charge in [0.05, 0.1) is 37.3 Å². The molecular weight excluding hydrogens is 589 g/mol. The molecule has 2 aromatic carbocycles. The molecule has 0 N–H and O–H groups in total. The Kier molecular flexibility index (Phi) is 9.32. The van der Waals surface area contributed by atoms with Gasteiger partial charge in [0.15, 0.2) is 0 Å². The number of allylic oxidation sites excluding steroid dienone is 2. The van der Waals surface area contributed by atoms with Gasteiger partial charge in [0, 0.05) is 47.4 Å². The van der Waals surface area contributed by atoms with Crippen molar-refractivity contribution in [1.82, 2.24) is 9.80 Å². The zero-order valence-corrected chi connectivity index (χ0v) is 24.6. The number of ether oxygens (including phenoxy) is 3. The van der Waals surface area contributed by atoms with Crippen LogP contribution in [0.3, 0.4) is 0 Å². The van der Waals surface area contributed by atoms with Crippen LogP contribution < -0.4 is 0 Å². The lowest BCUT2D eigenvalue weighted by Gasteiger charge is -2.33. The second kappa shape index (κ2) is 13.0. The number of esters is 1. The number of methoxy groups -OCH3 is 1. The lowest BCUT2D eigenvalue weighted by Crippen LogP contribution is -2.40. The Morgan fingerprint density at radius 2 is 1.88 bits per heavy atom. The standard InChI is InChI=1S/C31H30Cl2F2N2O5/c1-18-22(23-13-21(40-2)7-8-28(23)37(18)31(39)19-3-5-20(32)6-4-19)15-30(38)42-12-10-36-9-11-41-29(17-36)24-14-27(35)25(33)16-26(24)34/h3-8,13-14,16,23,28-29H,9-12,15,17H2,1-2H3. The van der Waals surface area contributed by atoms with Crippen LogP contribution in [0.15, 0.2) is 71.7 Å². The van der Waals surface area contributed by atoms with Gasteiger partial charge in [0.1, 0.15) is 24.0 Å². The summed E-state index contributed by atoms with van der Waals surface area (Å²) in [5.74, 6) is -1.57. The van der Waals surface area contributed by atoms with E-state index in [-0.39, 0.29) is 41.5 Å². The van der Waals surface area contributed by atoms with Crippen molar-refractivity contribution in [1.29, 1.82) is 0 Å². The highest BCUT2D eigenvalue weighted by molar-refractivity contribution is 6.31. The quantitative estimate of drug-likeness (QED) is 0.263. The van der Waals surface area contributed by atoms with Crippen molar-refractivity contribution in [3.05, 3.63) is 104 Å². The van der Waals surface area contributed by atoms with Crippen molar-refractivity contribution in [2.24, 2.45) is 5.92 Å². The second-order valence-corrected chi connectivity index (χ2v) is 11.1. The molecule has 1 aliphatic carbocycles. The molecule has 0 radical (unpaired) electrons. The number of rotatable bonds is 8. The molecule has 0 bridgehead atoms. The summed E-state index contributed by atoms with van der Waals surface area (Å²) in [4.78, 5) is 30.2. The van der Waals surface area contributed by atoms with Crippen molar-refractivity contribution >= 4 is 35.1 Å². The molecule has 222 valence electrons. The number of halogens is 4. The third-order valence-electron chi connectivity index (χ3n) is 7.78. The van der Waals surface area contributed by atoms with E-state index in [0.29, 0.717) is 48.3 Å². The number of amides is 1. The van der Waals surface area contributed by atoms with Crippen LogP contribution in [0.25, 0.3) is 0 Å². The van der Waals surface area contributed by atoms with Gasteiger partial charge in [-0.15, -0.1) is 0 Å². The molecule has 2 aromatic rings. The number of hydrogen-bond acceptors (Lipinski definition) is 6. The maximum Gasteiger partial charge on any atom is 0.310 e. The van der Waals surface area contributed by atoms with Gasteiger partial charge in [-0.25, -0.2) is 8.78 Å². The topological polar surface area (TPSA) is 68.3 Å². The van der Waals surface area contributed by atoms with E-state index < -0.39 is 23.7 Å². The number of carbonyl (C=O) groups is 2. The zero-order valence-electron chi connectivity index (χ0n) is 23.1. The first-order valence-corrected chi connectivity index (χ1v) is 14.3. The van der Waals surface area contributed by atoms with Gasteiger partial charge < -0.3 is 19.1 Å². The Morgan fingerprint density at radius 3 is 2.62 bits per heavy atom. The first-order chi connectivity index (χ1) is 20.2. The minimum Gasteiger partial charge on any atom is -0.497 e. The van der Waals surface area contributed by atoms with E-state index in [2.05, 4.69) is 0 Å². The minimum absolute atomic E-state index is 0.000267. The molecule has 3 aliphatic rings. The monoisotopic (exact) mass is 618 g/mol. The average molecular weight is 619 g/mol. The van der Waals surface area contributed by atoms with E-state index in [4.69, 9.17) is 37.4 Å². The minimum atomic E-state index is -0.712. The molecule has 3 unspecified atom stereocenters. The first kappa shape index (κ1) is 30.2. The largest absolute Gasteiger partial charge is 0.497 e. The highest BCUT2D eigenvalue weighted by atomic mass is 35.5. The molecule has 0 spiro atoms. The lowest BCUT2D eigenvalue weighted by atomic mass is 9.88. The predicted molar refractivity (Wildman–Crippen MR) is 154 cm³/mol. The van der Waals surface area contributed by atoms with Crippen molar-refractivity contribution in [2.45, 2.75) is 25.5 Å². The molecule has 7 nitrogen and oxygen atoms in total. The molecule has 1 saturated heterocycles. The number of benzene rings is 2. The molecule has 3 atom stereocenters. The van der Waals surface area contributed by atoms with Gasteiger partial charge in [0.2, 0.25) is 0 Å². The first-order valence-electron chi connectivity index (χ1n) is 13.5. The third kappa shape index (κ3) is 6.39. The van der Waals surface area contributed by atoms with E-state index in [9.17, 15) is 18.4 Å². The Balaban J connectivity index is 1.23. The molecular formula is C31H30Cl2F2N2O5. The van der Waals surface area contributed by atoms with Gasteiger partial charge in [0.25, 0.3) is 5.91 Å². The number of hydrogen-bond donors (Lipinski definition) is 0. The highest BCUT2D eigenvalue weighted by Gasteiger charge is 2.42. The molecule has 2 heterocycles. The van der Waals surface area contributed by atoms with Crippen LogP contribution in [0.2, 0.25) is 10.0 Å². The lowest BCUT2D eigenvalue weighted by molar-refractivity contribution is -0.143. The van der Waals surface area contributed by atoms with Crippen molar-refractivity contribution < 1.29 is 32.6 Å². The average Bonchev–Trinajstić information content (AvgIpc) is 3.25. The molecule has 2 aliphatic heterocycles. The normalized spacial score (nSPS) is 22.2. The summed E-state index contributed by atoms with van der Waals surface area (Å²) < 4.78 is 45.0. The van der Waals surface area contributed by atoms with Crippen LogP contribution in [-0.4, -0.2) is 67.7 Å². The summed E-state index contributed by atoms with van der Waals surface area (Å²) in [6, 6.07) is 8.38. The van der Waals surface area contributed by atoms with Crippen LogP contribution in [0.1, 0.15) is 35.4 Å². The van der Waals surface area contributed by atoms with Crippen LogP contribution in [0.4, 0.5) is 8.78 Å². The molecule has 0 aromatic heterocycles. The van der Waals surface area contributed by atoms with Crippen LogP contribution in [0.5, 0.6) is 0 Å². The van der Waals surface area contributed by atoms with E-state index in [1.807, 2.05) is 30.1 Å². The van der Waals surface area contributed by atoms with Gasteiger partial charge in [-0.2, -0.15) is 0 Å². The molecule has 0 saturated carbocycles. The van der Waals surface area contributed by atoms with Crippen LogP contribution in [0, 0.1) is 17.6 Å². The summed E-state index contributed by atoms with van der Waals surface area (Å²) in [5, 5.41) is 0.246. The fourth-order valence-corrected chi connectivity index (χ4v) is 5.87. The maximum atomic E-state index is 14.4. The van der Waals surface area contributed by atoms with E-state index >= 15 is 0 Å². The summed E-state index contributed by atoms with van der Waals surface area (Å²) in [6.07, 6.45) is 4.97.